The minimum Gasteiger partial charge on any atom is -0.371 e. The molecule has 1 aromatic rings. The molecule has 0 saturated carbocycles. The quantitative estimate of drug-likeness (QED) is 0.737. The lowest BCUT2D eigenvalue weighted by Crippen LogP contribution is -2.39. The van der Waals surface area contributed by atoms with Crippen molar-refractivity contribution in [1.82, 2.24) is 0 Å². The van der Waals surface area contributed by atoms with Crippen LogP contribution < -0.4 is 4.90 Å². The highest BCUT2D eigenvalue weighted by atomic mass is 127. The lowest BCUT2D eigenvalue weighted by atomic mass is 10.1. The average molecular weight is 383 g/mol. The Hall–Kier alpha value is -0.370. The van der Waals surface area contributed by atoms with Gasteiger partial charge in [0, 0.05) is 22.3 Å². The van der Waals surface area contributed by atoms with Crippen molar-refractivity contribution >= 4 is 38.1 Å². The minimum atomic E-state index is -2.85. The van der Waals surface area contributed by atoms with Gasteiger partial charge < -0.3 is 4.90 Å². The van der Waals surface area contributed by atoms with Gasteiger partial charge in [-0.3, -0.25) is 0 Å². The van der Waals surface area contributed by atoms with Crippen LogP contribution in [0.5, 0.6) is 0 Å². The van der Waals surface area contributed by atoms with Crippen LogP contribution in [0.2, 0.25) is 0 Å². The Morgan fingerprint density at radius 2 is 1.89 bits per heavy atom. The zero-order chi connectivity index (χ0) is 13.3. The van der Waals surface area contributed by atoms with Gasteiger partial charge in [-0.1, -0.05) is 0 Å². The molecule has 1 aromatic carbocycles. The molecule has 1 saturated heterocycles. The van der Waals surface area contributed by atoms with E-state index < -0.39 is 9.84 Å². The molecule has 2 rings (SSSR count). The molecule has 100 valence electrons. The van der Waals surface area contributed by atoms with Crippen molar-refractivity contribution < 1.29 is 12.8 Å². The summed E-state index contributed by atoms with van der Waals surface area (Å²) in [6.45, 7) is 0. The van der Waals surface area contributed by atoms with Crippen LogP contribution in [0.15, 0.2) is 18.2 Å². The van der Waals surface area contributed by atoms with Gasteiger partial charge in [0.15, 0.2) is 0 Å². The van der Waals surface area contributed by atoms with Gasteiger partial charge in [0.05, 0.1) is 11.5 Å². The third-order valence-electron chi connectivity index (χ3n) is 3.33. The summed E-state index contributed by atoms with van der Waals surface area (Å²) in [4.78, 5) is 1.99. The van der Waals surface area contributed by atoms with E-state index in [0.29, 0.717) is 12.8 Å². The molecule has 0 amide bonds. The SMILES string of the molecule is CN(c1cc(F)cc(I)c1)C1CCS(=O)(=O)CC1. The molecule has 1 aliphatic heterocycles. The van der Waals surface area contributed by atoms with Crippen LogP contribution in [-0.2, 0) is 9.84 Å². The second-order valence-corrected chi connectivity index (χ2v) is 8.17. The second-order valence-electron chi connectivity index (χ2n) is 4.62. The molecular formula is C12H15FINO2S. The molecular weight excluding hydrogens is 368 g/mol. The number of benzene rings is 1. The number of anilines is 1. The van der Waals surface area contributed by atoms with Gasteiger partial charge in [0.2, 0.25) is 0 Å². The normalized spacial score (nSPS) is 19.7. The van der Waals surface area contributed by atoms with Gasteiger partial charge in [-0.05, 0) is 53.6 Å². The van der Waals surface area contributed by atoms with Crippen LogP contribution in [0.25, 0.3) is 0 Å². The largest absolute Gasteiger partial charge is 0.371 e. The third kappa shape index (κ3) is 3.34. The van der Waals surface area contributed by atoms with Gasteiger partial charge in [-0.25, -0.2) is 12.8 Å². The monoisotopic (exact) mass is 383 g/mol. The molecule has 6 heteroatoms. The van der Waals surface area contributed by atoms with Crippen LogP contribution in [0.4, 0.5) is 10.1 Å². The number of rotatable bonds is 2. The molecule has 0 unspecified atom stereocenters. The zero-order valence-electron chi connectivity index (χ0n) is 10.1. The summed E-state index contributed by atoms with van der Waals surface area (Å²) in [5.41, 5.74) is 0.809. The molecule has 0 bridgehead atoms. The van der Waals surface area contributed by atoms with Crippen LogP contribution >= 0.6 is 22.6 Å². The van der Waals surface area contributed by atoms with E-state index in [1.165, 1.54) is 12.1 Å². The van der Waals surface area contributed by atoms with Crippen molar-refractivity contribution in [2.24, 2.45) is 0 Å². The molecule has 1 aliphatic rings. The Morgan fingerprint density at radius 1 is 1.28 bits per heavy atom. The van der Waals surface area contributed by atoms with E-state index in [-0.39, 0.29) is 23.4 Å². The molecule has 1 fully saturated rings. The first-order valence-electron chi connectivity index (χ1n) is 5.77. The number of sulfone groups is 1. The van der Waals surface area contributed by atoms with E-state index in [9.17, 15) is 12.8 Å². The van der Waals surface area contributed by atoms with E-state index >= 15 is 0 Å². The molecule has 0 atom stereocenters. The average Bonchev–Trinajstić information content (AvgIpc) is 2.27. The van der Waals surface area contributed by atoms with Crippen LogP contribution in [0.3, 0.4) is 0 Å². The molecule has 0 aromatic heterocycles. The fraction of sp³-hybridized carbons (Fsp3) is 0.500. The molecule has 0 aliphatic carbocycles. The molecule has 0 radical (unpaired) electrons. The minimum absolute atomic E-state index is 0.172. The fourth-order valence-electron chi connectivity index (χ4n) is 2.22. The van der Waals surface area contributed by atoms with Crippen molar-refractivity contribution in [2.75, 3.05) is 23.5 Å². The van der Waals surface area contributed by atoms with Crippen LogP contribution in [0, 0.1) is 9.39 Å². The molecule has 18 heavy (non-hydrogen) atoms. The van der Waals surface area contributed by atoms with Crippen molar-refractivity contribution in [3.63, 3.8) is 0 Å². The lowest BCUT2D eigenvalue weighted by Gasteiger charge is -2.33. The van der Waals surface area contributed by atoms with Gasteiger partial charge in [-0.2, -0.15) is 0 Å². The number of halogens is 2. The van der Waals surface area contributed by atoms with Gasteiger partial charge in [0.1, 0.15) is 15.7 Å². The van der Waals surface area contributed by atoms with Gasteiger partial charge in [0.25, 0.3) is 0 Å². The van der Waals surface area contributed by atoms with Gasteiger partial charge >= 0.3 is 0 Å². The van der Waals surface area contributed by atoms with Crippen molar-refractivity contribution in [3.05, 3.63) is 27.6 Å². The maximum Gasteiger partial charge on any atom is 0.150 e. The Kier molecular flexibility index (Phi) is 4.15. The summed E-state index contributed by atoms with van der Waals surface area (Å²) in [7, 11) is -0.954. The summed E-state index contributed by atoms with van der Waals surface area (Å²) in [5, 5.41) is 0. The molecule has 0 N–H and O–H groups in total. The maximum absolute atomic E-state index is 13.4. The standard InChI is InChI=1S/C12H15FINO2S/c1-15(11-2-4-18(16,17)5-3-11)12-7-9(13)6-10(14)8-12/h6-8,11H,2-5H2,1H3. The summed E-state index contributed by atoms with van der Waals surface area (Å²) >= 11 is 2.08. The first kappa shape index (κ1) is 14.0. The molecule has 0 spiro atoms. The highest BCUT2D eigenvalue weighted by molar-refractivity contribution is 14.1. The Morgan fingerprint density at radius 3 is 2.44 bits per heavy atom. The highest BCUT2D eigenvalue weighted by Crippen LogP contribution is 2.25. The van der Waals surface area contributed by atoms with Crippen molar-refractivity contribution in [2.45, 2.75) is 18.9 Å². The van der Waals surface area contributed by atoms with Crippen molar-refractivity contribution in [3.8, 4) is 0 Å². The summed E-state index contributed by atoms with van der Waals surface area (Å²) < 4.78 is 37.0. The first-order chi connectivity index (χ1) is 8.37. The zero-order valence-corrected chi connectivity index (χ0v) is 13.0. The topological polar surface area (TPSA) is 37.4 Å². The van der Waals surface area contributed by atoms with Crippen molar-refractivity contribution in [1.29, 1.82) is 0 Å². The van der Waals surface area contributed by atoms with E-state index in [4.69, 9.17) is 0 Å². The first-order valence-corrected chi connectivity index (χ1v) is 8.67. The Balaban J connectivity index is 2.14. The summed E-state index contributed by atoms with van der Waals surface area (Å²) in [6, 6.07) is 5.05. The summed E-state index contributed by atoms with van der Waals surface area (Å²) in [6.07, 6.45) is 1.23. The Bertz CT molecular complexity index is 513. The van der Waals surface area contributed by atoms with Crippen LogP contribution in [0.1, 0.15) is 12.8 Å². The summed E-state index contributed by atoms with van der Waals surface area (Å²) in [5.74, 6) is 0.204. The predicted octanol–water partition coefficient (Wildman–Crippen LogP) is 2.44. The predicted molar refractivity (Wildman–Crippen MR) is 79.2 cm³/mol. The maximum atomic E-state index is 13.4. The smallest absolute Gasteiger partial charge is 0.150 e. The van der Waals surface area contributed by atoms with Crippen LogP contribution in [-0.4, -0.2) is 33.0 Å². The highest BCUT2D eigenvalue weighted by Gasteiger charge is 2.26. The number of hydrogen-bond acceptors (Lipinski definition) is 3. The second kappa shape index (κ2) is 5.32. The fourth-order valence-corrected chi connectivity index (χ4v) is 4.30. The number of hydrogen-bond donors (Lipinski definition) is 0. The third-order valence-corrected chi connectivity index (χ3v) is 5.66. The van der Waals surface area contributed by atoms with E-state index in [0.717, 1.165) is 9.26 Å². The van der Waals surface area contributed by atoms with E-state index in [2.05, 4.69) is 22.6 Å². The lowest BCUT2D eigenvalue weighted by molar-refractivity contribution is 0.532. The van der Waals surface area contributed by atoms with E-state index in [1.54, 1.807) is 0 Å². The number of nitrogens with zero attached hydrogens (tertiary/aromatic N) is 1. The molecule has 1 heterocycles. The Labute approximate surface area is 120 Å². The van der Waals surface area contributed by atoms with E-state index in [1.807, 2.05) is 18.0 Å². The molecule has 3 nitrogen and oxygen atoms in total. The van der Waals surface area contributed by atoms with Gasteiger partial charge in [-0.15, -0.1) is 0 Å².